The summed E-state index contributed by atoms with van der Waals surface area (Å²) >= 11 is 0. The molecule has 0 radical (unpaired) electrons. The highest BCUT2D eigenvalue weighted by atomic mass is 32.2. The minimum atomic E-state index is -3.90. The maximum atomic E-state index is 11.8. The fraction of sp³-hybridized carbons (Fsp3) is 0.778. The van der Waals surface area contributed by atoms with Gasteiger partial charge in [0.1, 0.15) is 6.04 Å². The Labute approximate surface area is 100 Å². The Morgan fingerprint density at radius 2 is 2.00 bits per heavy atom. The lowest BCUT2D eigenvalue weighted by molar-refractivity contribution is -0.134. The molecule has 0 aromatic heterocycles. The highest BCUT2D eigenvalue weighted by Gasteiger charge is 2.39. The van der Waals surface area contributed by atoms with Crippen molar-refractivity contribution in [2.75, 3.05) is 26.4 Å². The second-order valence-electron chi connectivity index (χ2n) is 4.15. The van der Waals surface area contributed by atoms with Gasteiger partial charge in [-0.3, -0.25) is 9.59 Å². The van der Waals surface area contributed by atoms with Crippen LogP contribution in [-0.2, 0) is 19.6 Å². The van der Waals surface area contributed by atoms with Gasteiger partial charge < -0.3 is 10.0 Å². The van der Waals surface area contributed by atoms with Gasteiger partial charge in [-0.15, -0.1) is 0 Å². The quantitative estimate of drug-likeness (QED) is 0.699. The van der Waals surface area contributed by atoms with E-state index >= 15 is 0 Å². The van der Waals surface area contributed by atoms with Gasteiger partial charge in [0.15, 0.2) is 5.75 Å². The van der Waals surface area contributed by atoms with Gasteiger partial charge in [0.05, 0.1) is 0 Å². The average Bonchev–Trinajstić information content (AvgIpc) is 2.62. The van der Waals surface area contributed by atoms with Gasteiger partial charge >= 0.3 is 5.97 Å². The Bertz CT molecular complexity index is 417. The molecule has 1 rings (SSSR count). The summed E-state index contributed by atoms with van der Waals surface area (Å²) in [6.07, 6.45) is 1.01. The molecule has 17 heavy (non-hydrogen) atoms. The number of hydrogen-bond donors (Lipinski definition) is 1. The number of aliphatic carboxylic acids is 1. The first-order valence-electron chi connectivity index (χ1n) is 5.18. The Morgan fingerprint density at radius 3 is 2.47 bits per heavy atom. The Kier molecular flexibility index (Phi) is 4.10. The summed E-state index contributed by atoms with van der Waals surface area (Å²) in [6, 6.07) is -0.755. The molecule has 0 aliphatic carbocycles. The van der Waals surface area contributed by atoms with Crippen molar-refractivity contribution in [3.8, 4) is 0 Å². The van der Waals surface area contributed by atoms with Crippen LogP contribution >= 0.6 is 0 Å². The van der Waals surface area contributed by atoms with E-state index in [1.54, 1.807) is 14.1 Å². The van der Waals surface area contributed by atoms with Crippen molar-refractivity contribution in [2.45, 2.75) is 18.9 Å². The summed E-state index contributed by atoms with van der Waals surface area (Å²) in [7, 11) is -0.812. The highest BCUT2D eigenvalue weighted by Crippen LogP contribution is 2.22. The summed E-state index contributed by atoms with van der Waals surface area (Å²) in [5, 5.41) is 8.54. The molecule has 1 unspecified atom stereocenters. The Hall–Kier alpha value is -1.15. The first kappa shape index (κ1) is 13.9. The van der Waals surface area contributed by atoms with Gasteiger partial charge in [-0.25, -0.2) is 8.42 Å². The van der Waals surface area contributed by atoms with Crippen LogP contribution in [-0.4, -0.2) is 67.0 Å². The number of carbonyl (C=O) groups is 2. The predicted octanol–water partition coefficient (Wildman–Crippen LogP) is -1.05. The van der Waals surface area contributed by atoms with Crippen LogP contribution in [0.15, 0.2) is 0 Å². The summed E-state index contributed by atoms with van der Waals surface area (Å²) in [5.41, 5.74) is 0. The minimum Gasteiger partial charge on any atom is -0.480 e. The molecule has 1 aliphatic rings. The van der Waals surface area contributed by atoms with E-state index in [9.17, 15) is 18.0 Å². The molecule has 0 aromatic carbocycles. The van der Waals surface area contributed by atoms with Crippen LogP contribution in [0, 0.1) is 0 Å². The molecule has 1 amide bonds. The molecule has 1 saturated heterocycles. The van der Waals surface area contributed by atoms with Crippen LogP contribution in [0.5, 0.6) is 0 Å². The zero-order valence-electron chi connectivity index (χ0n) is 9.79. The number of hydrogen-bond acceptors (Lipinski definition) is 4. The van der Waals surface area contributed by atoms with Gasteiger partial charge in [-0.05, 0) is 12.8 Å². The van der Waals surface area contributed by atoms with Crippen molar-refractivity contribution in [3.05, 3.63) is 0 Å². The van der Waals surface area contributed by atoms with Gasteiger partial charge in [0.25, 0.3) is 0 Å². The number of rotatable bonds is 4. The average molecular weight is 264 g/mol. The topological polar surface area (TPSA) is 95.0 Å². The third-order valence-electron chi connectivity index (χ3n) is 2.59. The molecule has 0 bridgehead atoms. The normalized spacial score (nSPS) is 21.4. The third-order valence-corrected chi connectivity index (χ3v) is 4.36. The number of carbonyl (C=O) groups excluding carboxylic acids is 1. The molecule has 1 atom stereocenters. The molecular formula is C9H16N2O5S. The number of likely N-dealkylation sites (N-methyl/N-ethyl adjacent to an activating group) is 1. The number of carboxylic acid groups (broad SMARTS) is 1. The molecule has 1 fully saturated rings. The molecule has 0 saturated carbocycles. The molecule has 1 aliphatic heterocycles. The van der Waals surface area contributed by atoms with Crippen molar-refractivity contribution in [2.24, 2.45) is 0 Å². The fourth-order valence-corrected chi connectivity index (χ4v) is 3.33. The van der Waals surface area contributed by atoms with Crippen LogP contribution in [0.4, 0.5) is 0 Å². The molecular weight excluding hydrogens is 248 g/mol. The summed E-state index contributed by atoms with van der Waals surface area (Å²) in [4.78, 5) is 23.6. The molecule has 98 valence electrons. The Morgan fingerprint density at radius 1 is 1.41 bits per heavy atom. The second-order valence-corrected chi connectivity index (χ2v) is 6.07. The van der Waals surface area contributed by atoms with Crippen LogP contribution in [0.2, 0.25) is 0 Å². The van der Waals surface area contributed by atoms with Crippen molar-refractivity contribution < 1.29 is 23.1 Å². The largest absolute Gasteiger partial charge is 0.480 e. The van der Waals surface area contributed by atoms with E-state index in [0.717, 1.165) is 4.31 Å². The number of nitrogens with zero attached hydrogens (tertiary/aromatic N) is 2. The van der Waals surface area contributed by atoms with E-state index in [0.29, 0.717) is 12.8 Å². The lowest BCUT2D eigenvalue weighted by atomic mass is 10.2. The van der Waals surface area contributed by atoms with Gasteiger partial charge in [0.2, 0.25) is 15.9 Å². The fourth-order valence-electron chi connectivity index (χ4n) is 1.86. The SMILES string of the molecule is CN(C)C(=O)C1CCCN1S(=O)(=O)CC(=O)O. The van der Waals surface area contributed by atoms with E-state index in [1.807, 2.05) is 0 Å². The zero-order chi connectivity index (χ0) is 13.2. The predicted molar refractivity (Wildman–Crippen MR) is 59.8 cm³/mol. The maximum Gasteiger partial charge on any atom is 0.320 e. The van der Waals surface area contributed by atoms with Crippen LogP contribution in [0.3, 0.4) is 0 Å². The van der Waals surface area contributed by atoms with Crippen molar-refractivity contribution in [3.63, 3.8) is 0 Å². The van der Waals surface area contributed by atoms with Gasteiger partial charge in [0, 0.05) is 20.6 Å². The summed E-state index contributed by atoms with van der Waals surface area (Å²) in [6.45, 7) is 0.208. The molecule has 1 heterocycles. The smallest absolute Gasteiger partial charge is 0.320 e. The summed E-state index contributed by atoms with van der Waals surface area (Å²) < 4.78 is 24.5. The van der Waals surface area contributed by atoms with Crippen LogP contribution < -0.4 is 0 Å². The first-order chi connectivity index (χ1) is 7.75. The molecule has 7 nitrogen and oxygen atoms in total. The van der Waals surface area contributed by atoms with E-state index in [2.05, 4.69) is 0 Å². The highest BCUT2D eigenvalue weighted by molar-refractivity contribution is 7.89. The second kappa shape index (κ2) is 5.01. The third kappa shape index (κ3) is 3.16. The van der Waals surface area contributed by atoms with Crippen molar-refractivity contribution in [1.82, 2.24) is 9.21 Å². The maximum absolute atomic E-state index is 11.8. The lowest BCUT2D eigenvalue weighted by Gasteiger charge is -2.24. The van der Waals surface area contributed by atoms with Crippen molar-refractivity contribution >= 4 is 21.9 Å². The van der Waals surface area contributed by atoms with Crippen LogP contribution in [0.25, 0.3) is 0 Å². The molecule has 8 heteroatoms. The Balaban J connectivity index is 2.90. The van der Waals surface area contributed by atoms with Crippen LogP contribution in [0.1, 0.15) is 12.8 Å². The van der Waals surface area contributed by atoms with Gasteiger partial charge in [-0.1, -0.05) is 0 Å². The van der Waals surface area contributed by atoms with Gasteiger partial charge in [-0.2, -0.15) is 4.31 Å². The van der Waals surface area contributed by atoms with E-state index in [1.165, 1.54) is 4.90 Å². The lowest BCUT2D eigenvalue weighted by Crippen LogP contribution is -2.46. The van der Waals surface area contributed by atoms with E-state index in [4.69, 9.17) is 5.11 Å². The number of sulfonamides is 1. The molecule has 1 N–H and O–H groups in total. The number of amides is 1. The van der Waals surface area contributed by atoms with E-state index < -0.39 is 27.8 Å². The molecule has 0 aromatic rings. The van der Waals surface area contributed by atoms with E-state index in [-0.39, 0.29) is 12.5 Å². The van der Waals surface area contributed by atoms with Crippen molar-refractivity contribution in [1.29, 1.82) is 0 Å². The zero-order valence-corrected chi connectivity index (χ0v) is 10.6. The molecule has 0 spiro atoms. The standard InChI is InChI=1S/C9H16N2O5S/c1-10(2)9(14)7-4-3-5-11(7)17(15,16)6-8(12)13/h7H,3-6H2,1-2H3,(H,12,13). The minimum absolute atomic E-state index is 0.208. The summed E-state index contributed by atoms with van der Waals surface area (Å²) in [5.74, 6) is -2.69. The monoisotopic (exact) mass is 264 g/mol. The number of carboxylic acids is 1. The first-order valence-corrected chi connectivity index (χ1v) is 6.79.